The van der Waals surface area contributed by atoms with E-state index in [1.807, 2.05) is 18.2 Å². The summed E-state index contributed by atoms with van der Waals surface area (Å²) in [6.07, 6.45) is 5.63. The molecule has 0 amide bonds. The van der Waals surface area contributed by atoms with Crippen molar-refractivity contribution in [3.8, 4) is 11.5 Å². The van der Waals surface area contributed by atoms with Gasteiger partial charge in [-0.15, -0.1) is 0 Å². The number of aliphatic hydroxyl groups is 1. The fourth-order valence-electron chi connectivity index (χ4n) is 1.88. The maximum atomic E-state index is 9.20. The Morgan fingerprint density at radius 3 is 2.24 bits per heavy atom. The van der Waals surface area contributed by atoms with Gasteiger partial charge < -0.3 is 14.6 Å². The second-order valence-corrected chi connectivity index (χ2v) is 5.25. The Morgan fingerprint density at radius 2 is 1.67 bits per heavy atom. The maximum Gasteiger partial charge on any atom is 0.161 e. The van der Waals surface area contributed by atoms with Gasteiger partial charge in [-0.2, -0.15) is 0 Å². The average Bonchev–Trinajstić information content (AvgIpc) is 2.47. The summed E-state index contributed by atoms with van der Waals surface area (Å²) < 4.78 is 11.6. The van der Waals surface area contributed by atoms with Gasteiger partial charge in [-0.05, 0) is 37.0 Å². The van der Waals surface area contributed by atoms with Crippen LogP contribution in [-0.2, 0) is 6.42 Å². The Balaban J connectivity index is 2.72. The number of rotatable bonds is 11. The molecule has 3 heteroatoms. The number of ether oxygens (including phenoxy) is 2. The minimum atomic E-state index is 0.215. The van der Waals surface area contributed by atoms with Crippen LogP contribution >= 0.6 is 0 Å². The van der Waals surface area contributed by atoms with Gasteiger partial charge in [0.1, 0.15) is 0 Å². The third-order valence-corrected chi connectivity index (χ3v) is 3.22. The molecule has 0 unspecified atom stereocenters. The highest BCUT2D eigenvalue weighted by atomic mass is 16.5. The monoisotopic (exact) mass is 292 g/mol. The summed E-state index contributed by atoms with van der Waals surface area (Å²) >= 11 is 0. The van der Waals surface area contributed by atoms with E-state index in [0.717, 1.165) is 49.2 Å². The quantitative estimate of drug-likeness (QED) is 0.458. The maximum absolute atomic E-state index is 9.20. The molecular weight excluding hydrogens is 264 g/mol. The molecule has 1 N–H and O–H groups in total. The molecule has 1 aromatic carbocycles. The molecule has 0 bridgehead atoms. The highest BCUT2D eigenvalue weighted by Crippen LogP contribution is 2.29. The van der Waals surface area contributed by atoms with Gasteiger partial charge in [0.2, 0.25) is 0 Å². The number of hydrogen-bond donors (Lipinski definition) is 1. The SMILES string of the molecule is C=C(O)CCc1ccc(OCCCC)c(OCCCC)c1. The standard InChI is InChI=1S/C18H28O3/c1-4-6-12-20-17-11-10-16(9-8-15(3)19)14-18(17)21-13-7-5-2/h10-11,14,19H,3-9,12-13H2,1-2H3. The molecule has 1 rings (SSSR count). The van der Waals surface area contributed by atoms with Crippen molar-refractivity contribution in [2.45, 2.75) is 52.4 Å². The van der Waals surface area contributed by atoms with Gasteiger partial charge in [-0.25, -0.2) is 0 Å². The normalized spacial score (nSPS) is 10.4. The zero-order valence-electron chi connectivity index (χ0n) is 13.4. The van der Waals surface area contributed by atoms with E-state index >= 15 is 0 Å². The van der Waals surface area contributed by atoms with Crippen molar-refractivity contribution in [1.29, 1.82) is 0 Å². The van der Waals surface area contributed by atoms with Crippen molar-refractivity contribution in [3.63, 3.8) is 0 Å². The predicted molar refractivity (Wildman–Crippen MR) is 87.3 cm³/mol. The second kappa shape index (κ2) is 10.1. The minimum absolute atomic E-state index is 0.215. The number of benzene rings is 1. The lowest BCUT2D eigenvalue weighted by Crippen LogP contribution is -2.03. The fourth-order valence-corrected chi connectivity index (χ4v) is 1.88. The third kappa shape index (κ3) is 7.07. The molecule has 0 spiro atoms. The van der Waals surface area contributed by atoms with Crippen LogP contribution in [0.5, 0.6) is 11.5 Å². The van der Waals surface area contributed by atoms with Crippen LogP contribution in [0.1, 0.15) is 51.5 Å². The van der Waals surface area contributed by atoms with Crippen molar-refractivity contribution >= 4 is 0 Å². The van der Waals surface area contributed by atoms with Crippen LogP contribution in [-0.4, -0.2) is 18.3 Å². The molecule has 0 saturated heterocycles. The topological polar surface area (TPSA) is 38.7 Å². The lowest BCUT2D eigenvalue weighted by molar-refractivity contribution is 0.261. The van der Waals surface area contributed by atoms with Crippen molar-refractivity contribution < 1.29 is 14.6 Å². The molecule has 0 atom stereocenters. The molecule has 0 aromatic heterocycles. The van der Waals surface area contributed by atoms with Crippen LogP contribution in [0.25, 0.3) is 0 Å². The lowest BCUT2D eigenvalue weighted by Gasteiger charge is -2.14. The van der Waals surface area contributed by atoms with Crippen LogP contribution in [0.3, 0.4) is 0 Å². The summed E-state index contributed by atoms with van der Waals surface area (Å²) in [4.78, 5) is 0. The summed E-state index contributed by atoms with van der Waals surface area (Å²) in [6.45, 7) is 9.23. The van der Waals surface area contributed by atoms with Gasteiger partial charge in [0.05, 0.1) is 19.0 Å². The molecule has 0 aliphatic carbocycles. The van der Waals surface area contributed by atoms with E-state index in [2.05, 4.69) is 20.4 Å². The Bertz CT molecular complexity index is 426. The van der Waals surface area contributed by atoms with E-state index in [-0.39, 0.29) is 5.76 Å². The smallest absolute Gasteiger partial charge is 0.161 e. The predicted octanol–water partition coefficient (Wildman–Crippen LogP) is 5.05. The van der Waals surface area contributed by atoms with E-state index in [9.17, 15) is 5.11 Å². The molecule has 0 radical (unpaired) electrons. The fraction of sp³-hybridized carbons (Fsp3) is 0.556. The highest BCUT2D eigenvalue weighted by Gasteiger charge is 2.07. The van der Waals surface area contributed by atoms with Crippen LogP contribution in [0.4, 0.5) is 0 Å². The summed E-state index contributed by atoms with van der Waals surface area (Å²) in [6, 6.07) is 6.00. The molecule has 0 fully saturated rings. The Morgan fingerprint density at radius 1 is 1.05 bits per heavy atom. The highest BCUT2D eigenvalue weighted by molar-refractivity contribution is 5.43. The Hall–Kier alpha value is -1.64. The molecule has 118 valence electrons. The first-order valence-electron chi connectivity index (χ1n) is 7.92. The molecule has 3 nitrogen and oxygen atoms in total. The minimum Gasteiger partial charge on any atom is -0.513 e. The Kier molecular flexibility index (Phi) is 8.41. The summed E-state index contributed by atoms with van der Waals surface area (Å²) in [5.41, 5.74) is 1.12. The number of hydrogen-bond acceptors (Lipinski definition) is 3. The Labute approximate surface area is 128 Å². The largest absolute Gasteiger partial charge is 0.513 e. The number of aliphatic hydroxyl groups excluding tert-OH is 1. The average molecular weight is 292 g/mol. The first-order chi connectivity index (χ1) is 10.2. The van der Waals surface area contributed by atoms with Gasteiger partial charge in [0.15, 0.2) is 11.5 Å². The molecule has 0 aliphatic heterocycles. The van der Waals surface area contributed by atoms with Crippen molar-refractivity contribution in [2.24, 2.45) is 0 Å². The van der Waals surface area contributed by atoms with Gasteiger partial charge in [-0.3, -0.25) is 0 Å². The van der Waals surface area contributed by atoms with Gasteiger partial charge in [-0.1, -0.05) is 39.3 Å². The van der Waals surface area contributed by atoms with Crippen LogP contribution < -0.4 is 9.47 Å². The third-order valence-electron chi connectivity index (χ3n) is 3.22. The van der Waals surface area contributed by atoms with E-state index < -0.39 is 0 Å². The van der Waals surface area contributed by atoms with Gasteiger partial charge in [0, 0.05) is 6.42 Å². The summed E-state index contributed by atoms with van der Waals surface area (Å²) in [7, 11) is 0. The van der Waals surface area contributed by atoms with Crippen molar-refractivity contribution in [1.82, 2.24) is 0 Å². The molecule has 1 aromatic rings. The summed E-state index contributed by atoms with van der Waals surface area (Å²) in [5.74, 6) is 1.83. The lowest BCUT2D eigenvalue weighted by atomic mass is 10.1. The van der Waals surface area contributed by atoms with Gasteiger partial charge >= 0.3 is 0 Å². The van der Waals surface area contributed by atoms with Crippen LogP contribution in [0.15, 0.2) is 30.5 Å². The summed E-state index contributed by atoms with van der Waals surface area (Å²) in [5, 5.41) is 9.20. The van der Waals surface area contributed by atoms with Crippen LogP contribution in [0, 0.1) is 0 Å². The second-order valence-electron chi connectivity index (χ2n) is 5.25. The van der Waals surface area contributed by atoms with Crippen molar-refractivity contribution in [3.05, 3.63) is 36.1 Å². The molecule has 0 aliphatic rings. The van der Waals surface area contributed by atoms with Gasteiger partial charge in [0.25, 0.3) is 0 Å². The van der Waals surface area contributed by atoms with E-state index in [1.165, 1.54) is 0 Å². The molecule has 0 heterocycles. The zero-order chi connectivity index (χ0) is 15.5. The number of unbranched alkanes of at least 4 members (excludes halogenated alkanes) is 2. The van der Waals surface area contributed by atoms with E-state index in [4.69, 9.17) is 9.47 Å². The molecular formula is C18H28O3. The van der Waals surface area contributed by atoms with Crippen LogP contribution in [0.2, 0.25) is 0 Å². The number of allylic oxidation sites excluding steroid dienone is 1. The number of aryl methyl sites for hydroxylation is 1. The van der Waals surface area contributed by atoms with Crippen molar-refractivity contribution in [2.75, 3.05) is 13.2 Å². The zero-order valence-corrected chi connectivity index (χ0v) is 13.4. The van der Waals surface area contributed by atoms with E-state index in [1.54, 1.807) is 0 Å². The molecule has 0 saturated carbocycles. The van der Waals surface area contributed by atoms with E-state index in [0.29, 0.717) is 19.6 Å². The first kappa shape index (κ1) is 17.4. The first-order valence-corrected chi connectivity index (χ1v) is 7.92. The molecule has 21 heavy (non-hydrogen) atoms.